The minimum absolute atomic E-state index is 0.114. The largest absolute Gasteiger partial charge is 0.379 e. The summed E-state index contributed by atoms with van der Waals surface area (Å²) >= 11 is 0. The molecule has 3 aliphatic carbocycles. The zero-order chi connectivity index (χ0) is 30.9. The standard InChI is InChI=1S/C34H49FN6O3/c1-33(11-5-12-33)22-37-32(43)30(41-16-18-44-19-17-41)24-8-9-27(26(35)20-24)39-31(42)29(36-21-25-10-15-38-40(25)3)28(23-6-4-7-23)34(2)13-14-34/h8-10,15,20,23,28-30,36H,4-7,11-14,16-19,21-22H2,1-3H3,(H,37,43)(H,39,42)/t28?,29-,30?/m0/s1. The zero-order valence-electron chi connectivity index (χ0n) is 26.5. The van der Waals surface area contributed by atoms with Crippen molar-refractivity contribution in [3.63, 3.8) is 0 Å². The van der Waals surface area contributed by atoms with Gasteiger partial charge in [-0.3, -0.25) is 24.5 Å². The third kappa shape index (κ3) is 6.72. The summed E-state index contributed by atoms with van der Waals surface area (Å²) in [6, 6.07) is 5.70. The van der Waals surface area contributed by atoms with E-state index in [4.69, 9.17) is 4.74 Å². The minimum atomic E-state index is -0.618. The number of aromatic nitrogens is 2. The maximum Gasteiger partial charge on any atom is 0.241 e. The van der Waals surface area contributed by atoms with Crippen molar-refractivity contribution in [2.75, 3.05) is 38.2 Å². The Hall–Kier alpha value is -2.82. The number of ether oxygens (including phenoxy) is 1. The van der Waals surface area contributed by atoms with E-state index in [1.165, 1.54) is 18.9 Å². The number of halogens is 1. The van der Waals surface area contributed by atoms with Gasteiger partial charge in [0.2, 0.25) is 11.8 Å². The lowest BCUT2D eigenvalue weighted by Crippen LogP contribution is -2.52. The molecule has 3 N–H and O–H groups in total. The number of hydrogen-bond acceptors (Lipinski definition) is 6. The van der Waals surface area contributed by atoms with Crippen LogP contribution >= 0.6 is 0 Å². The maximum absolute atomic E-state index is 15.8. The molecular weight excluding hydrogens is 559 g/mol. The number of hydrogen-bond donors (Lipinski definition) is 3. The van der Waals surface area contributed by atoms with E-state index >= 15 is 4.39 Å². The molecule has 2 aromatic rings. The maximum atomic E-state index is 15.8. The number of nitrogens with one attached hydrogen (secondary N) is 3. The van der Waals surface area contributed by atoms with Gasteiger partial charge in [-0.15, -0.1) is 0 Å². The highest BCUT2D eigenvalue weighted by Gasteiger charge is 2.53. The van der Waals surface area contributed by atoms with Gasteiger partial charge in [-0.25, -0.2) is 4.39 Å². The van der Waals surface area contributed by atoms with Crippen LogP contribution in [-0.4, -0.2) is 65.4 Å². The van der Waals surface area contributed by atoms with Crippen molar-refractivity contribution in [3.8, 4) is 0 Å². The lowest BCUT2D eigenvalue weighted by Gasteiger charge is -2.42. The summed E-state index contributed by atoms with van der Waals surface area (Å²) in [6.45, 7) is 7.89. The van der Waals surface area contributed by atoms with Gasteiger partial charge in [0.05, 0.1) is 30.6 Å². The minimum Gasteiger partial charge on any atom is -0.379 e. The van der Waals surface area contributed by atoms with Crippen molar-refractivity contribution in [2.45, 2.75) is 83.8 Å². The van der Waals surface area contributed by atoms with E-state index in [1.54, 1.807) is 18.3 Å². The number of morpholine rings is 1. The van der Waals surface area contributed by atoms with E-state index in [0.29, 0.717) is 50.9 Å². The molecule has 2 amide bonds. The van der Waals surface area contributed by atoms with Crippen LogP contribution in [0.15, 0.2) is 30.5 Å². The second-order valence-corrected chi connectivity index (χ2v) is 14.3. The molecule has 4 aliphatic rings. The normalized spacial score (nSPS) is 23.1. The van der Waals surface area contributed by atoms with Gasteiger partial charge in [-0.1, -0.05) is 45.6 Å². The summed E-state index contributed by atoms with van der Waals surface area (Å²) in [7, 11) is 1.90. The molecule has 3 saturated carbocycles. The first-order chi connectivity index (χ1) is 21.2. The van der Waals surface area contributed by atoms with Crippen molar-refractivity contribution in [1.82, 2.24) is 25.3 Å². The van der Waals surface area contributed by atoms with Crippen LogP contribution in [0.3, 0.4) is 0 Å². The fraction of sp³-hybridized carbons (Fsp3) is 0.676. The number of nitrogens with zero attached hydrogens (tertiary/aromatic N) is 3. The van der Waals surface area contributed by atoms with E-state index in [-0.39, 0.29) is 34.2 Å². The Labute approximate surface area is 260 Å². The Balaban J connectivity index is 1.20. The second kappa shape index (κ2) is 12.9. The average molecular weight is 609 g/mol. The smallest absolute Gasteiger partial charge is 0.241 e. The van der Waals surface area contributed by atoms with Crippen molar-refractivity contribution < 1.29 is 18.7 Å². The van der Waals surface area contributed by atoms with Crippen LogP contribution in [0.2, 0.25) is 0 Å². The Kier molecular flexibility index (Phi) is 9.13. The lowest BCUT2D eigenvalue weighted by atomic mass is 9.66. The quantitative estimate of drug-likeness (QED) is 0.309. The Morgan fingerprint density at radius 3 is 2.39 bits per heavy atom. The number of carbonyl (C=O) groups excluding carboxylic acids is 2. The van der Waals surface area contributed by atoms with Crippen molar-refractivity contribution in [2.24, 2.45) is 29.7 Å². The predicted molar refractivity (Wildman–Crippen MR) is 167 cm³/mol. The predicted octanol–water partition coefficient (Wildman–Crippen LogP) is 4.55. The van der Waals surface area contributed by atoms with Crippen LogP contribution in [0.1, 0.15) is 82.5 Å². The summed E-state index contributed by atoms with van der Waals surface area (Å²) in [5.41, 5.74) is 1.97. The number of carbonyl (C=O) groups is 2. The molecule has 6 rings (SSSR count). The summed E-state index contributed by atoms with van der Waals surface area (Å²) in [5.74, 6) is -0.189. The fourth-order valence-corrected chi connectivity index (χ4v) is 7.48. The van der Waals surface area contributed by atoms with Gasteiger partial charge < -0.3 is 15.4 Å². The molecule has 44 heavy (non-hydrogen) atoms. The molecule has 1 aromatic heterocycles. The first-order valence-corrected chi connectivity index (χ1v) is 16.6. The van der Waals surface area contributed by atoms with E-state index < -0.39 is 17.9 Å². The number of aryl methyl sites for hydroxylation is 1. The third-order valence-electron chi connectivity index (χ3n) is 11.0. The molecule has 0 spiro atoms. The molecule has 1 saturated heterocycles. The lowest BCUT2D eigenvalue weighted by molar-refractivity contribution is -0.129. The van der Waals surface area contributed by atoms with Crippen LogP contribution in [0.4, 0.5) is 10.1 Å². The van der Waals surface area contributed by atoms with E-state index in [9.17, 15) is 9.59 Å². The van der Waals surface area contributed by atoms with Crippen LogP contribution in [0, 0.1) is 28.5 Å². The number of anilines is 1. The molecule has 9 nitrogen and oxygen atoms in total. The zero-order valence-corrected chi connectivity index (χ0v) is 26.5. The topological polar surface area (TPSA) is 101 Å². The van der Waals surface area contributed by atoms with Crippen LogP contribution in [0.25, 0.3) is 0 Å². The molecule has 10 heteroatoms. The highest BCUT2D eigenvalue weighted by atomic mass is 19.1. The molecule has 0 radical (unpaired) electrons. The summed E-state index contributed by atoms with van der Waals surface area (Å²) in [6.07, 6.45) is 10.8. The summed E-state index contributed by atoms with van der Waals surface area (Å²) < 4.78 is 23.2. The Bertz CT molecular complexity index is 1330. The Morgan fingerprint density at radius 2 is 1.82 bits per heavy atom. The molecule has 240 valence electrons. The van der Waals surface area contributed by atoms with E-state index in [0.717, 1.165) is 44.2 Å². The molecule has 1 aliphatic heterocycles. The summed E-state index contributed by atoms with van der Waals surface area (Å²) in [5, 5.41) is 13.9. The second-order valence-electron chi connectivity index (χ2n) is 14.3. The number of benzene rings is 1. The first kappa shape index (κ1) is 31.2. The average Bonchev–Trinajstić information content (AvgIpc) is 3.58. The van der Waals surface area contributed by atoms with Gasteiger partial charge >= 0.3 is 0 Å². The van der Waals surface area contributed by atoms with Gasteiger partial charge in [0.1, 0.15) is 11.9 Å². The van der Waals surface area contributed by atoms with Gasteiger partial charge in [0.15, 0.2) is 0 Å². The van der Waals surface area contributed by atoms with Gasteiger partial charge in [-0.2, -0.15) is 5.10 Å². The van der Waals surface area contributed by atoms with Gasteiger partial charge in [0, 0.05) is 39.4 Å². The molecule has 2 unspecified atom stereocenters. The van der Waals surface area contributed by atoms with Crippen LogP contribution < -0.4 is 16.0 Å². The van der Waals surface area contributed by atoms with Crippen molar-refractivity contribution in [1.29, 1.82) is 0 Å². The van der Waals surface area contributed by atoms with E-state index in [2.05, 4.69) is 39.8 Å². The highest BCUT2D eigenvalue weighted by Crippen LogP contribution is 2.58. The first-order valence-electron chi connectivity index (χ1n) is 16.6. The number of rotatable bonds is 13. The molecule has 1 aromatic carbocycles. The number of amides is 2. The molecule has 4 fully saturated rings. The highest BCUT2D eigenvalue weighted by molar-refractivity contribution is 5.95. The van der Waals surface area contributed by atoms with Crippen LogP contribution in [-0.2, 0) is 27.9 Å². The van der Waals surface area contributed by atoms with Crippen molar-refractivity contribution in [3.05, 3.63) is 47.5 Å². The van der Waals surface area contributed by atoms with Crippen LogP contribution in [0.5, 0.6) is 0 Å². The SMILES string of the molecule is Cn1nccc1CN[C@H](C(=O)Nc1ccc(C(C(=O)NCC2(C)CCC2)N2CCOCC2)cc1F)C(C1CCC1)C1(C)CC1. The molecule has 0 bridgehead atoms. The van der Waals surface area contributed by atoms with Gasteiger partial charge in [0.25, 0.3) is 0 Å². The fourth-order valence-electron chi connectivity index (χ4n) is 7.48. The van der Waals surface area contributed by atoms with Gasteiger partial charge in [-0.05, 0) is 72.1 Å². The van der Waals surface area contributed by atoms with Crippen molar-refractivity contribution >= 4 is 17.5 Å². The van der Waals surface area contributed by atoms with E-state index in [1.807, 2.05) is 17.8 Å². The monoisotopic (exact) mass is 608 g/mol. The Morgan fingerprint density at radius 1 is 1.07 bits per heavy atom. The molecular formula is C34H49FN6O3. The molecule has 3 atom stereocenters. The summed E-state index contributed by atoms with van der Waals surface area (Å²) in [4.78, 5) is 29.6. The molecule has 2 heterocycles. The third-order valence-corrected chi connectivity index (χ3v) is 11.0.